The molecule has 9 heteroatoms. The lowest BCUT2D eigenvalue weighted by Gasteiger charge is -2.26. The summed E-state index contributed by atoms with van der Waals surface area (Å²) >= 11 is 0. The van der Waals surface area contributed by atoms with E-state index in [0.717, 1.165) is 12.5 Å². The lowest BCUT2D eigenvalue weighted by molar-refractivity contribution is -0.149. The molecule has 0 spiro atoms. The van der Waals surface area contributed by atoms with E-state index >= 15 is 0 Å². The highest BCUT2D eigenvalue weighted by atomic mass is 19.3. The number of ether oxygens (including phenoxy) is 2. The van der Waals surface area contributed by atoms with Crippen LogP contribution in [0.2, 0.25) is 0 Å². The van der Waals surface area contributed by atoms with Crippen LogP contribution in [0, 0.1) is 5.41 Å². The lowest BCUT2D eigenvalue weighted by atomic mass is 9.97. The predicted molar refractivity (Wildman–Crippen MR) is 132 cm³/mol. The van der Waals surface area contributed by atoms with E-state index in [1.54, 1.807) is 36.1 Å². The quantitative estimate of drug-likeness (QED) is 0.298. The van der Waals surface area contributed by atoms with Crippen LogP contribution < -0.4 is 10.1 Å². The zero-order valence-electron chi connectivity index (χ0n) is 21.7. The van der Waals surface area contributed by atoms with Crippen molar-refractivity contribution < 1.29 is 33.0 Å². The molecule has 0 aliphatic rings. The first-order valence-corrected chi connectivity index (χ1v) is 12.3. The Balaban J connectivity index is 2.59. The van der Waals surface area contributed by atoms with E-state index in [1.165, 1.54) is 0 Å². The zero-order chi connectivity index (χ0) is 26.5. The van der Waals surface area contributed by atoms with E-state index in [9.17, 15) is 23.5 Å². The van der Waals surface area contributed by atoms with Crippen LogP contribution in [0.1, 0.15) is 65.9 Å². The first kappa shape index (κ1) is 30.6. The average Bonchev–Trinajstić information content (AvgIpc) is 2.75. The molecular formula is C26H42F2N2O5. The summed E-state index contributed by atoms with van der Waals surface area (Å²) in [6, 6.07) is 6.91. The molecule has 0 aliphatic heterocycles. The Bertz CT molecular complexity index is 760. The first-order chi connectivity index (χ1) is 16.3. The molecule has 1 rings (SSSR count). The number of carboxylic acid groups (broad SMARTS) is 1. The fourth-order valence-corrected chi connectivity index (χ4v) is 3.31. The Hall–Kier alpha value is -2.42. The van der Waals surface area contributed by atoms with Crippen LogP contribution >= 0.6 is 0 Å². The smallest absolute Gasteiger partial charge is 0.333 e. The normalized spacial score (nSPS) is 12.8. The second-order valence-corrected chi connectivity index (χ2v) is 10.1. The van der Waals surface area contributed by atoms with Gasteiger partial charge >= 0.3 is 12.0 Å². The van der Waals surface area contributed by atoms with Crippen molar-refractivity contribution >= 4 is 12.0 Å². The van der Waals surface area contributed by atoms with E-state index in [1.807, 2.05) is 20.8 Å². The Morgan fingerprint density at radius 2 is 1.71 bits per heavy atom. The largest absolute Gasteiger partial charge is 0.492 e. The molecule has 0 radical (unpaired) electrons. The highest BCUT2D eigenvalue weighted by Gasteiger charge is 2.21. The Labute approximate surface area is 208 Å². The van der Waals surface area contributed by atoms with Gasteiger partial charge in [0.2, 0.25) is 5.92 Å². The summed E-state index contributed by atoms with van der Waals surface area (Å²) in [5, 5.41) is 12.2. The monoisotopic (exact) mass is 500 g/mol. The molecule has 0 saturated carbocycles. The van der Waals surface area contributed by atoms with Crippen LogP contribution in [0.5, 0.6) is 5.75 Å². The van der Waals surface area contributed by atoms with Gasteiger partial charge in [0.15, 0.2) is 6.10 Å². The van der Waals surface area contributed by atoms with Crippen LogP contribution in [0.25, 0.3) is 0 Å². The van der Waals surface area contributed by atoms with Gasteiger partial charge in [-0.3, -0.25) is 0 Å². The number of benzene rings is 1. The third-order valence-corrected chi connectivity index (χ3v) is 5.22. The summed E-state index contributed by atoms with van der Waals surface area (Å²) in [6.45, 7) is 10.7. The third-order valence-electron chi connectivity index (χ3n) is 5.22. The number of carbonyl (C=O) groups is 2. The van der Waals surface area contributed by atoms with Gasteiger partial charge in [0.1, 0.15) is 12.4 Å². The first-order valence-electron chi connectivity index (χ1n) is 12.3. The van der Waals surface area contributed by atoms with Crippen molar-refractivity contribution in [1.82, 2.24) is 10.2 Å². The van der Waals surface area contributed by atoms with Crippen LogP contribution in [0.15, 0.2) is 24.3 Å². The van der Waals surface area contributed by atoms with Crippen LogP contribution in [-0.2, 0) is 16.0 Å². The molecule has 200 valence electrons. The maximum atomic E-state index is 13.0. The molecule has 2 amide bonds. The molecule has 0 aromatic heterocycles. The average molecular weight is 501 g/mol. The third kappa shape index (κ3) is 14.5. The number of hydrogen-bond donors (Lipinski definition) is 2. The number of amides is 2. The molecular weight excluding hydrogens is 458 g/mol. The Kier molecular flexibility index (Phi) is 13.0. The molecule has 1 unspecified atom stereocenters. The van der Waals surface area contributed by atoms with E-state index in [0.29, 0.717) is 51.3 Å². The van der Waals surface area contributed by atoms with E-state index < -0.39 is 18.0 Å². The highest BCUT2D eigenvalue weighted by molar-refractivity contribution is 5.74. The second kappa shape index (κ2) is 14.9. The number of nitrogens with zero attached hydrogens (tertiary/aromatic N) is 1. The fraction of sp³-hybridized carbons (Fsp3) is 0.692. The van der Waals surface area contributed by atoms with Crippen molar-refractivity contribution in [2.24, 2.45) is 5.41 Å². The number of rotatable bonds is 16. The van der Waals surface area contributed by atoms with Crippen LogP contribution in [0.3, 0.4) is 0 Å². The van der Waals surface area contributed by atoms with Crippen molar-refractivity contribution in [1.29, 1.82) is 0 Å². The molecule has 7 nitrogen and oxygen atoms in total. The van der Waals surface area contributed by atoms with Gasteiger partial charge < -0.3 is 24.8 Å². The number of aliphatic carboxylic acids is 1. The zero-order valence-corrected chi connectivity index (χ0v) is 21.7. The van der Waals surface area contributed by atoms with Crippen molar-refractivity contribution in [2.75, 3.05) is 32.8 Å². The van der Waals surface area contributed by atoms with Gasteiger partial charge in [-0.1, -0.05) is 39.3 Å². The van der Waals surface area contributed by atoms with E-state index in [2.05, 4.69) is 5.32 Å². The molecule has 1 atom stereocenters. The minimum Gasteiger partial charge on any atom is -0.492 e. The Morgan fingerprint density at radius 1 is 1.06 bits per heavy atom. The van der Waals surface area contributed by atoms with E-state index in [-0.39, 0.29) is 30.9 Å². The standard InChI is InChI=1S/C26H42F2N2O5/c1-6-34-22(23(31)32)18-20-10-12-21(13-11-20)35-17-16-30(24(33)29-19-25(2,3)4)15-9-7-8-14-26(5,27)28/h10-13,22H,6-9,14-19H2,1-5H3,(H,29,33)(H,31,32). The molecule has 0 fully saturated rings. The van der Waals surface area contributed by atoms with Crippen molar-refractivity contribution in [2.45, 2.75) is 78.7 Å². The number of hydrogen-bond acceptors (Lipinski definition) is 4. The van der Waals surface area contributed by atoms with E-state index in [4.69, 9.17) is 9.47 Å². The summed E-state index contributed by atoms with van der Waals surface area (Å²) in [6.07, 6.45) is 0.882. The molecule has 2 N–H and O–H groups in total. The molecule has 1 aromatic carbocycles. The van der Waals surface area contributed by atoms with Gasteiger partial charge in [0, 0.05) is 32.5 Å². The fourth-order valence-electron chi connectivity index (χ4n) is 3.31. The van der Waals surface area contributed by atoms with Crippen molar-refractivity contribution in [3.8, 4) is 5.75 Å². The van der Waals surface area contributed by atoms with Gasteiger partial charge in [-0.15, -0.1) is 0 Å². The number of nitrogens with one attached hydrogen (secondary N) is 1. The molecule has 0 saturated heterocycles. The molecule has 1 aromatic rings. The number of urea groups is 1. The van der Waals surface area contributed by atoms with Gasteiger partial charge in [-0.2, -0.15) is 0 Å². The number of alkyl halides is 2. The number of unbranched alkanes of at least 4 members (excludes halogenated alkanes) is 2. The SMILES string of the molecule is CCOC(Cc1ccc(OCCN(CCCCCC(C)(F)F)C(=O)NCC(C)(C)C)cc1)C(=O)O. The maximum absolute atomic E-state index is 13.0. The molecule has 0 aliphatic carbocycles. The minimum absolute atomic E-state index is 0.0614. The summed E-state index contributed by atoms with van der Waals surface area (Å²) < 4.78 is 37.1. The van der Waals surface area contributed by atoms with Gasteiger partial charge in [0.05, 0.1) is 6.54 Å². The van der Waals surface area contributed by atoms with Crippen molar-refractivity contribution in [3.05, 3.63) is 29.8 Å². The summed E-state index contributed by atoms with van der Waals surface area (Å²) in [7, 11) is 0. The van der Waals surface area contributed by atoms with Crippen LogP contribution in [0.4, 0.5) is 13.6 Å². The van der Waals surface area contributed by atoms with Gasteiger partial charge in [0.25, 0.3) is 0 Å². The highest BCUT2D eigenvalue weighted by Crippen LogP contribution is 2.20. The predicted octanol–water partition coefficient (Wildman–Crippen LogP) is 5.37. The number of carboxylic acids is 1. The molecule has 35 heavy (non-hydrogen) atoms. The minimum atomic E-state index is -2.66. The molecule has 0 heterocycles. The number of carbonyl (C=O) groups excluding carboxylic acids is 1. The Morgan fingerprint density at radius 3 is 2.26 bits per heavy atom. The summed E-state index contributed by atoms with van der Waals surface area (Å²) in [5.74, 6) is -3.05. The topological polar surface area (TPSA) is 88.1 Å². The lowest BCUT2D eigenvalue weighted by Crippen LogP contribution is -2.45. The molecule has 0 bridgehead atoms. The number of halogens is 2. The van der Waals surface area contributed by atoms with Crippen LogP contribution in [-0.4, -0.2) is 66.9 Å². The summed E-state index contributed by atoms with van der Waals surface area (Å²) in [5.41, 5.74) is 0.757. The van der Waals surface area contributed by atoms with Gasteiger partial charge in [-0.05, 0) is 49.8 Å². The second-order valence-electron chi connectivity index (χ2n) is 10.1. The van der Waals surface area contributed by atoms with Crippen molar-refractivity contribution in [3.63, 3.8) is 0 Å². The summed E-state index contributed by atoms with van der Waals surface area (Å²) in [4.78, 5) is 25.6. The maximum Gasteiger partial charge on any atom is 0.333 e. The van der Waals surface area contributed by atoms with Gasteiger partial charge in [-0.25, -0.2) is 18.4 Å².